The highest BCUT2D eigenvalue weighted by atomic mass is 16.5. The molecule has 0 heterocycles. The van der Waals surface area contributed by atoms with Crippen LogP contribution >= 0.6 is 0 Å². The Labute approximate surface area is 102 Å². The van der Waals surface area contributed by atoms with E-state index in [1.807, 2.05) is 0 Å². The van der Waals surface area contributed by atoms with E-state index in [0.717, 1.165) is 39.2 Å². The van der Waals surface area contributed by atoms with E-state index in [-0.39, 0.29) is 0 Å². The molecule has 3 nitrogen and oxygen atoms in total. The molecule has 0 rings (SSSR count). The van der Waals surface area contributed by atoms with Crippen LogP contribution in [-0.2, 0) is 4.74 Å². The summed E-state index contributed by atoms with van der Waals surface area (Å²) in [5.41, 5.74) is 0.387. The van der Waals surface area contributed by atoms with Gasteiger partial charge in [0.05, 0.1) is 0 Å². The van der Waals surface area contributed by atoms with Crippen molar-refractivity contribution in [2.75, 3.05) is 46.9 Å². The Morgan fingerprint density at radius 3 is 2.50 bits per heavy atom. The Bertz CT molecular complexity index is 164. The first-order valence-corrected chi connectivity index (χ1v) is 6.46. The number of rotatable bonds is 10. The molecule has 1 atom stereocenters. The zero-order valence-electron chi connectivity index (χ0n) is 11.8. The van der Waals surface area contributed by atoms with Gasteiger partial charge in [-0.25, -0.2) is 0 Å². The fourth-order valence-corrected chi connectivity index (χ4v) is 1.93. The molecule has 16 heavy (non-hydrogen) atoms. The van der Waals surface area contributed by atoms with Crippen molar-refractivity contribution >= 4 is 0 Å². The summed E-state index contributed by atoms with van der Waals surface area (Å²) < 4.78 is 5.07. The third-order valence-electron chi connectivity index (χ3n) is 3.20. The van der Waals surface area contributed by atoms with Crippen molar-refractivity contribution in [3.05, 3.63) is 0 Å². The molecule has 0 saturated heterocycles. The number of ether oxygens (including phenoxy) is 1. The third-order valence-corrected chi connectivity index (χ3v) is 3.20. The lowest BCUT2D eigenvalue weighted by molar-refractivity contribution is 0.150. The van der Waals surface area contributed by atoms with Crippen LogP contribution in [0.5, 0.6) is 0 Å². The fourth-order valence-electron chi connectivity index (χ4n) is 1.93. The quantitative estimate of drug-likeness (QED) is 0.581. The minimum Gasteiger partial charge on any atom is -0.385 e. The molecule has 0 bridgehead atoms. The van der Waals surface area contributed by atoms with Gasteiger partial charge in [0.15, 0.2) is 0 Å². The Balaban J connectivity index is 3.89. The minimum atomic E-state index is 0.387. The maximum atomic E-state index is 5.07. The van der Waals surface area contributed by atoms with Crippen molar-refractivity contribution in [2.24, 2.45) is 5.41 Å². The molecule has 0 aliphatic carbocycles. The first kappa shape index (κ1) is 15.9. The molecule has 0 aromatic heterocycles. The summed E-state index contributed by atoms with van der Waals surface area (Å²) in [6.07, 6.45) is 2.34. The van der Waals surface area contributed by atoms with Crippen molar-refractivity contribution in [3.8, 4) is 0 Å². The summed E-state index contributed by atoms with van der Waals surface area (Å²) in [6.45, 7) is 12.1. The van der Waals surface area contributed by atoms with Crippen LogP contribution < -0.4 is 5.32 Å². The Morgan fingerprint density at radius 2 is 2.00 bits per heavy atom. The molecule has 0 aliphatic heterocycles. The summed E-state index contributed by atoms with van der Waals surface area (Å²) in [5, 5.41) is 3.46. The first-order valence-electron chi connectivity index (χ1n) is 6.46. The number of nitrogens with zero attached hydrogens (tertiary/aromatic N) is 1. The normalized spacial score (nSPS) is 15.4. The topological polar surface area (TPSA) is 24.5 Å². The smallest absolute Gasteiger partial charge is 0.0474 e. The molecule has 0 fully saturated rings. The van der Waals surface area contributed by atoms with Crippen molar-refractivity contribution in [1.29, 1.82) is 0 Å². The van der Waals surface area contributed by atoms with Gasteiger partial charge in [-0.3, -0.25) is 0 Å². The molecule has 0 aromatic rings. The van der Waals surface area contributed by atoms with Crippen molar-refractivity contribution < 1.29 is 4.74 Å². The van der Waals surface area contributed by atoms with Crippen LogP contribution in [0.25, 0.3) is 0 Å². The zero-order chi connectivity index (χ0) is 12.4. The van der Waals surface area contributed by atoms with Crippen LogP contribution in [0.1, 0.15) is 33.6 Å². The summed E-state index contributed by atoms with van der Waals surface area (Å²) in [5.74, 6) is 0. The second-order valence-corrected chi connectivity index (χ2v) is 5.03. The standard InChI is InChI=1S/C13H30N2O/c1-6-13(3,11-14-7-2)12-15(4)9-8-10-16-5/h14H,6-12H2,1-5H3. The van der Waals surface area contributed by atoms with Gasteiger partial charge in [0, 0.05) is 33.4 Å². The van der Waals surface area contributed by atoms with E-state index in [0.29, 0.717) is 5.41 Å². The van der Waals surface area contributed by atoms with E-state index < -0.39 is 0 Å². The lowest BCUT2D eigenvalue weighted by atomic mass is 9.87. The van der Waals surface area contributed by atoms with Crippen LogP contribution in [0.4, 0.5) is 0 Å². The van der Waals surface area contributed by atoms with E-state index in [1.54, 1.807) is 7.11 Å². The SMILES string of the molecule is CCNCC(C)(CC)CN(C)CCCOC. The molecule has 1 unspecified atom stereocenters. The second kappa shape index (κ2) is 8.97. The van der Waals surface area contributed by atoms with Crippen molar-refractivity contribution in [1.82, 2.24) is 10.2 Å². The van der Waals surface area contributed by atoms with Gasteiger partial charge in [-0.1, -0.05) is 20.8 Å². The average molecular weight is 230 g/mol. The Kier molecular flexibility index (Phi) is 8.90. The number of hydrogen-bond donors (Lipinski definition) is 1. The lowest BCUT2D eigenvalue weighted by Gasteiger charge is -2.33. The van der Waals surface area contributed by atoms with Gasteiger partial charge in [0.1, 0.15) is 0 Å². The zero-order valence-corrected chi connectivity index (χ0v) is 11.8. The van der Waals surface area contributed by atoms with Gasteiger partial charge in [-0.2, -0.15) is 0 Å². The van der Waals surface area contributed by atoms with Crippen molar-refractivity contribution in [3.63, 3.8) is 0 Å². The predicted octanol–water partition coefficient (Wildman–Crippen LogP) is 1.98. The monoisotopic (exact) mass is 230 g/mol. The van der Waals surface area contributed by atoms with E-state index in [1.165, 1.54) is 6.42 Å². The van der Waals surface area contributed by atoms with Crippen molar-refractivity contribution in [2.45, 2.75) is 33.6 Å². The average Bonchev–Trinajstić information content (AvgIpc) is 2.27. The largest absolute Gasteiger partial charge is 0.385 e. The summed E-state index contributed by atoms with van der Waals surface area (Å²) in [7, 11) is 3.97. The maximum Gasteiger partial charge on any atom is 0.0474 e. The van der Waals surface area contributed by atoms with Gasteiger partial charge in [0.25, 0.3) is 0 Å². The fraction of sp³-hybridized carbons (Fsp3) is 1.00. The number of nitrogens with one attached hydrogen (secondary N) is 1. The molecule has 3 heteroatoms. The maximum absolute atomic E-state index is 5.07. The van der Waals surface area contributed by atoms with Crippen LogP contribution in [0.15, 0.2) is 0 Å². The highest BCUT2D eigenvalue weighted by molar-refractivity contribution is 4.78. The van der Waals surface area contributed by atoms with Crippen LogP contribution in [0.2, 0.25) is 0 Å². The minimum absolute atomic E-state index is 0.387. The summed E-state index contributed by atoms with van der Waals surface area (Å²) in [6, 6.07) is 0. The first-order chi connectivity index (χ1) is 7.58. The highest BCUT2D eigenvalue weighted by Crippen LogP contribution is 2.21. The predicted molar refractivity (Wildman–Crippen MR) is 70.9 cm³/mol. The molecular weight excluding hydrogens is 200 g/mol. The van der Waals surface area contributed by atoms with Crippen LogP contribution in [0.3, 0.4) is 0 Å². The van der Waals surface area contributed by atoms with Gasteiger partial charge in [-0.05, 0) is 31.8 Å². The second-order valence-electron chi connectivity index (χ2n) is 5.03. The lowest BCUT2D eigenvalue weighted by Crippen LogP contribution is -2.41. The van der Waals surface area contributed by atoms with E-state index in [2.05, 4.69) is 38.0 Å². The highest BCUT2D eigenvalue weighted by Gasteiger charge is 2.23. The van der Waals surface area contributed by atoms with E-state index >= 15 is 0 Å². The van der Waals surface area contributed by atoms with Gasteiger partial charge in [0.2, 0.25) is 0 Å². The molecule has 0 aliphatic rings. The van der Waals surface area contributed by atoms with Crippen LogP contribution in [0, 0.1) is 5.41 Å². The van der Waals surface area contributed by atoms with E-state index in [9.17, 15) is 0 Å². The molecule has 1 N–H and O–H groups in total. The molecule has 98 valence electrons. The molecular formula is C13H30N2O. The Hall–Kier alpha value is -0.120. The third kappa shape index (κ3) is 7.20. The molecule has 0 aromatic carbocycles. The molecule has 0 radical (unpaired) electrons. The number of hydrogen-bond acceptors (Lipinski definition) is 3. The molecule has 0 spiro atoms. The van der Waals surface area contributed by atoms with E-state index in [4.69, 9.17) is 4.74 Å². The summed E-state index contributed by atoms with van der Waals surface area (Å²) in [4.78, 5) is 2.42. The molecule has 0 saturated carbocycles. The Morgan fingerprint density at radius 1 is 1.31 bits per heavy atom. The van der Waals surface area contributed by atoms with Crippen LogP contribution in [-0.4, -0.2) is 51.8 Å². The molecule has 0 amide bonds. The summed E-state index contributed by atoms with van der Waals surface area (Å²) >= 11 is 0. The van der Waals surface area contributed by atoms with Gasteiger partial charge in [-0.15, -0.1) is 0 Å². The van der Waals surface area contributed by atoms with Gasteiger partial charge >= 0.3 is 0 Å². The number of methoxy groups -OCH3 is 1. The van der Waals surface area contributed by atoms with Gasteiger partial charge < -0.3 is 15.0 Å².